The molecule has 0 N–H and O–H groups in total. The second kappa shape index (κ2) is 12.5. The standard InChI is InChI=1S/C36H41ClFN5O4/c1-22-17-30(39-23(2)31(22)34(45)46-6)41-13-14-43(35(3,4)20-41)33(44)29-10-8-25-26(24-7-9-27(37)28(38)18-24)19-42(32(25)40-29)21-36(5)11-15-47-16-12-36/h7-10,17-19H,11-16,20-21H2,1-6H3. The van der Waals surface area contributed by atoms with Gasteiger partial charge in [-0.05, 0) is 87.4 Å². The molecule has 0 unspecified atom stereocenters. The second-order valence-corrected chi connectivity index (χ2v) is 14.1. The number of benzene rings is 1. The lowest BCUT2D eigenvalue weighted by Crippen LogP contribution is -2.61. The van der Waals surface area contributed by atoms with Crippen molar-refractivity contribution in [3.8, 4) is 11.1 Å². The molecule has 0 atom stereocenters. The predicted octanol–water partition coefficient (Wildman–Crippen LogP) is 6.85. The lowest BCUT2D eigenvalue weighted by Gasteiger charge is -2.47. The Balaban J connectivity index is 1.31. The van der Waals surface area contributed by atoms with Crippen molar-refractivity contribution >= 4 is 40.3 Å². The molecule has 2 aliphatic heterocycles. The molecule has 9 nitrogen and oxygen atoms in total. The number of halogens is 2. The first kappa shape index (κ1) is 32.9. The first-order chi connectivity index (χ1) is 22.3. The summed E-state index contributed by atoms with van der Waals surface area (Å²) in [6.45, 7) is 13.7. The zero-order valence-corrected chi connectivity index (χ0v) is 28.6. The van der Waals surface area contributed by atoms with E-state index in [4.69, 9.17) is 31.0 Å². The largest absolute Gasteiger partial charge is 0.465 e. The summed E-state index contributed by atoms with van der Waals surface area (Å²) >= 11 is 6.00. The molecule has 2 fully saturated rings. The third-order valence-electron chi connectivity index (χ3n) is 9.67. The molecule has 248 valence electrons. The molecule has 1 aromatic carbocycles. The number of methoxy groups -OCH3 is 1. The van der Waals surface area contributed by atoms with E-state index in [2.05, 4.69) is 16.4 Å². The second-order valence-electron chi connectivity index (χ2n) is 13.7. The fourth-order valence-corrected chi connectivity index (χ4v) is 7.10. The summed E-state index contributed by atoms with van der Waals surface area (Å²) in [5.41, 5.74) is 3.92. The molecular weight excluding hydrogens is 621 g/mol. The van der Waals surface area contributed by atoms with Gasteiger partial charge in [-0.2, -0.15) is 0 Å². The lowest BCUT2D eigenvalue weighted by atomic mass is 9.82. The highest BCUT2D eigenvalue weighted by Crippen LogP contribution is 2.37. The van der Waals surface area contributed by atoms with E-state index in [9.17, 15) is 14.0 Å². The first-order valence-electron chi connectivity index (χ1n) is 16.0. The number of carbonyl (C=O) groups excluding carboxylic acids is 2. The number of anilines is 1. The van der Waals surface area contributed by atoms with E-state index in [1.807, 2.05) is 57.0 Å². The summed E-state index contributed by atoms with van der Waals surface area (Å²) in [6.07, 6.45) is 3.84. The number of hydrogen-bond donors (Lipinski definition) is 0. The summed E-state index contributed by atoms with van der Waals surface area (Å²) < 4.78 is 27.2. The van der Waals surface area contributed by atoms with Crippen molar-refractivity contribution in [2.24, 2.45) is 5.41 Å². The van der Waals surface area contributed by atoms with E-state index < -0.39 is 17.3 Å². The number of aryl methyl sites for hydroxylation is 2. The molecule has 6 rings (SSSR count). The summed E-state index contributed by atoms with van der Waals surface area (Å²) in [7, 11) is 1.37. The van der Waals surface area contributed by atoms with E-state index in [0.29, 0.717) is 67.6 Å². The number of rotatable bonds is 6. The highest BCUT2D eigenvalue weighted by atomic mass is 35.5. The van der Waals surface area contributed by atoms with Crippen molar-refractivity contribution in [1.29, 1.82) is 0 Å². The van der Waals surface area contributed by atoms with E-state index in [0.717, 1.165) is 35.2 Å². The molecule has 0 spiro atoms. The Labute approximate surface area is 279 Å². The number of hydrogen-bond acceptors (Lipinski definition) is 7. The van der Waals surface area contributed by atoms with Gasteiger partial charge >= 0.3 is 5.97 Å². The summed E-state index contributed by atoms with van der Waals surface area (Å²) in [5, 5.41) is 0.912. The Hall–Kier alpha value is -4.02. The van der Waals surface area contributed by atoms with Gasteiger partial charge in [-0.3, -0.25) is 4.79 Å². The minimum absolute atomic E-state index is 0.00741. The van der Waals surface area contributed by atoms with Crippen molar-refractivity contribution in [3.63, 3.8) is 0 Å². The van der Waals surface area contributed by atoms with Crippen LogP contribution in [0.2, 0.25) is 5.02 Å². The quantitative estimate of drug-likeness (QED) is 0.209. The molecule has 3 aromatic heterocycles. The maximum Gasteiger partial charge on any atom is 0.339 e. The average molecular weight is 662 g/mol. The third-order valence-corrected chi connectivity index (χ3v) is 9.98. The summed E-state index contributed by atoms with van der Waals surface area (Å²) in [5.74, 6) is -0.276. The van der Waals surface area contributed by atoms with Gasteiger partial charge in [-0.25, -0.2) is 19.2 Å². The fourth-order valence-electron chi connectivity index (χ4n) is 6.98. The van der Waals surface area contributed by atoms with Gasteiger partial charge in [-0.1, -0.05) is 24.6 Å². The van der Waals surface area contributed by atoms with E-state index in [1.165, 1.54) is 13.2 Å². The van der Waals surface area contributed by atoms with Crippen LogP contribution in [0, 0.1) is 25.1 Å². The van der Waals surface area contributed by atoms with Gasteiger partial charge in [0.1, 0.15) is 23.0 Å². The van der Waals surface area contributed by atoms with Gasteiger partial charge in [0.2, 0.25) is 0 Å². The number of esters is 1. The van der Waals surface area contributed by atoms with E-state index in [-0.39, 0.29) is 16.3 Å². The van der Waals surface area contributed by atoms with Crippen LogP contribution in [0.4, 0.5) is 10.2 Å². The summed E-state index contributed by atoms with van der Waals surface area (Å²) in [6, 6.07) is 10.4. The molecule has 0 aliphatic carbocycles. The Morgan fingerprint density at radius 3 is 2.45 bits per heavy atom. The normalized spacial score (nSPS) is 17.6. The number of fused-ring (bicyclic) bond motifs is 1. The maximum absolute atomic E-state index is 14.5. The average Bonchev–Trinajstić information content (AvgIpc) is 3.38. The Morgan fingerprint density at radius 1 is 1.04 bits per heavy atom. The first-order valence-corrected chi connectivity index (χ1v) is 16.3. The van der Waals surface area contributed by atoms with Crippen molar-refractivity contribution in [2.75, 3.05) is 44.9 Å². The van der Waals surface area contributed by atoms with Crippen LogP contribution in [0.5, 0.6) is 0 Å². The van der Waals surface area contributed by atoms with Gasteiger partial charge in [0.25, 0.3) is 5.91 Å². The monoisotopic (exact) mass is 661 g/mol. The van der Waals surface area contributed by atoms with Crippen LogP contribution in [0.1, 0.15) is 65.7 Å². The highest BCUT2D eigenvalue weighted by molar-refractivity contribution is 6.30. The summed E-state index contributed by atoms with van der Waals surface area (Å²) in [4.78, 5) is 40.2. The predicted molar refractivity (Wildman–Crippen MR) is 181 cm³/mol. The molecule has 0 bridgehead atoms. The van der Waals surface area contributed by atoms with Crippen molar-refractivity contribution in [3.05, 3.63) is 75.9 Å². The van der Waals surface area contributed by atoms with Crippen LogP contribution in [0.15, 0.2) is 42.6 Å². The Bertz CT molecular complexity index is 1840. The van der Waals surface area contributed by atoms with Gasteiger partial charge in [0.05, 0.1) is 28.9 Å². The van der Waals surface area contributed by atoms with Crippen molar-refractivity contribution in [2.45, 2.75) is 59.5 Å². The Morgan fingerprint density at radius 2 is 1.79 bits per heavy atom. The minimum atomic E-state index is -0.542. The molecular formula is C36H41ClFN5O4. The molecule has 0 radical (unpaired) electrons. The van der Waals surface area contributed by atoms with Crippen LogP contribution in [0.25, 0.3) is 22.2 Å². The fraction of sp³-hybridized carbons (Fsp3) is 0.444. The minimum Gasteiger partial charge on any atom is -0.465 e. The number of piperazine rings is 1. The van der Waals surface area contributed by atoms with Crippen molar-refractivity contribution < 1.29 is 23.5 Å². The molecule has 47 heavy (non-hydrogen) atoms. The van der Waals surface area contributed by atoms with Gasteiger partial charge in [0, 0.05) is 56.5 Å². The van der Waals surface area contributed by atoms with Crippen LogP contribution < -0.4 is 4.90 Å². The third kappa shape index (κ3) is 6.33. The number of nitrogens with zero attached hydrogens (tertiary/aromatic N) is 5. The number of pyridine rings is 2. The molecule has 2 saturated heterocycles. The van der Waals surface area contributed by atoms with Crippen LogP contribution >= 0.6 is 11.6 Å². The van der Waals surface area contributed by atoms with Crippen LogP contribution in [0.3, 0.4) is 0 Å². The maximum atomic E-state index is 14.5. The van der Waals surface area contributed by atoms with E-state index >= 15 is 0 Å². The number of aromatic nitrogens is 3. The Kier molecular flexibility index (Phi) is 8.78. The van der Waals surface area contributed by atoms with E-state index in [1.54, 1.807) is 12.1 Å². The smallest absolute Gasteiger partial charge is 0.339 e. The zero-order chi connectivity index (χ0) is 33.7. The molecule has 0 saturated carbocycles. The molecule has 11 heteroatoms. The molecule has 2 aliphatic rings. The SMILES string of the molecule is COC(=O)c1c(C)cc(N2CCN(C(=O)c3ccc4c(-c5ccc(Cl)c(F)c5)cn(CC5(C)CCOCC5)c4n3)C(C)(C)C2)nc1C. The topological polar surface area (TPSA) is 89.8 Å². The van der Waals surface area contributed by atoms with Gasteiger partial charge < -0.3 is 23.8 Å². The number of amides is 1. The zero-order valence-electron chi connectivity index (χ0n) is 27.8. The van der Waals surface area contributed by atoms with Crippen molar-refractivity contribution in [1.82, 2.24) is 19.4 Å². The molecule has 5 heterocycles. The molecule has 4 aromatic rings. The number of carbonyl (C=O) groups is 2. The highest BCUT2D eigenvalue weighted by Gasteiger charge is 2.39. The van der Waals surface area contributed by atoms with Gasteiger partial charge in [-0.15, -0.1) is 0 Å². The lowest BCUT2D eigenvalue weighted by molar-refractivity contribution is 0.0160. The molecule has 1 amide bonds. The van der Waals surface area contributed by atoms with Crippen LogP contribution in [-0.4, -0.2) is 76.8 Å². The van der Waals surface area contributed by atoms with Gasteiger partial charge in [0.15, 0.2) is 0 Å². The van der Waals surface area contributed by atoms with Crippen LogP contribution in [-0.2, 0) is 16.0 Å². The number of ether oxygens (including phenoxy) is 2.